The number of carbonyl (C=O) groups is 1. The molecule has 0 radical (unpaired) electrons. The van der Waals surface area contributed by atoms with Crippen molar-refractivity contribution in [2.45, 2.75) is 25.2 Å². The number of benzene rings is 1. The van der Waals surface area contributed by atoms with Gasteiger partial charge >= 0.3 is 0 Å². The molecule has 2 aromatic heterocycles. The molecule has 0 unspecified atom stereocenters. The fraction of sp³-hybridized carbons (Fsp3) is 0.333. The Bertz CT molecular complexity index is 884. The number of aromatic amines is 1. The fourth-order valence-electron chi connectivity index (χ4n) is 3.63. The molecule has 1 aliphatic rings. The van der Waals surface area contributed by atoms with Crippen LogP contribution < -0.4 is 4.74 Å². The van der Waals surface area contributed by atoms with Crippen molar-refractivity contribution in [2.75, 3.05) is 20.2 Å². The zero-order valence-corrected chi connectivity index (χ0v) is 15.4. The van der Waals surface area contributed by atoms with Gasteiger partial charge in [-0.2, -0.15) is 5.10 Å². The lowest BCUT2D eigenvalue weighted by Crippen LogP contribution is -2.34. The minimum atomic E-state index is -0.0375. The first-order valence-electron chi connectivity index (χ1n) is 9.27. The Labute approximate surface area is 158 Å². The maximum atomic E-state index is 13.0. The first-order chi connectivity index (χ1) is 13.2. The van der Waals surface area contributed by atoms with Crippen LogP contribution in [0.15, 0.2) is 53.1 Å². The first kappa shape index (κ1) is 17.4. The number of hydrogen-bond donors (Lipinski definition) is 1. The van der Waals surface area contributed by atoms with E-state index in [0.29, 0.717) is 29.6 Å². The fourth-order valence-corrected chi connectivity index (χ4v) is 3.63. The number of likely N-dealkylation sites (tertiary alicyclic amines) is 1. The lowest BCUT2D eigenvalue weighted by Gasteiger charge is -2.24. The second-order valence-electron chi connectivity index (χ2n) is 6.86. The van der Waals surface area contributed by atoms with Crippen LogP contribution in [0.2, 0.25) is 0 Å². The van der Waals surface area contributed by atoms with E-state index in [4.69, 9.17) is 9.15 Å². The van der Waals surface area contributed by atoms with E-state index in [0.717, 1.165) is 31.6 Å². The molecule has 0 spiro atoms. The zero-order valence-electron chi connectivity index (χ0n) is 15.4. The number of ether oxygens (including phenoxy) is 1. The van der Waals surface area contributed by atoms with Crippen molar-refractivity contribution in [3.05, 3.63) is 60.0 Å². The molecule has 0 bridgehead atoms. The van der Waals surface area contributed by atoms with Gasteiger partial charge in [0.05, 0.1) is 13.4 Å². The van der Waals surface area contributed by atoms with E-state index >= 15 is 0 Å². The molecule has 3 aromatic rings. The number of nitrogens with zero attached hydrogens (tertiary/aromatic N) is 2. The summed E-state index contributed by atoms with van der Waals surface area (Å²) in [5.41, 5.74) is 2.38. The molecule has 1 aromatic carbocycles. The van der Waals surface area contributed by atoms with E-state index in [9.17, 15) is 4.79 Å². The molecule has 6 heteroatoms. The number of furan rings is 1. The lowest BCUT2D eigenvalue weighted by atomic mass is 9.94. The highest BCUT2D eigenvalue weighted by atomic mass is 16.5. The van der Waals surface area contributed by atoms with Crippen molar-refractivity contribution < 1.29 is 13.9 Å². The van der Waals surface area contributed by atoms with Crippen LogP contribution in [-0.4, -0.2) is 41.2 Å². The van der Waals surface area contributed by atoms with Crippen molar-refractivity contribution >= 4 is 5.91 Å². The van der Waals surface area contributed by atoms with Gasteiger partial charge < -0.3 is 14.1 Å². The minimum absolute atomic E-state index is 0.0375. The van der Waals surface area contributed by atoms with E-state index in [2.05, 4.69) is 22.3 Å². The molecular weight excluding hydrogens is 342 g/mol. The standard InChI is InChI=1S/C21H23N3O3/c1-26-17-9-7-15(8-10-17)16-5-2-3-11-24(14-16)21(25)19-13-18(22-23-19)20-6-4-12-27-20/h4,6-10,12-13,16H,2-3,5,11,14H2,1H3,(H,22,23)/t16-/m1/s1. The number of carbonyl (C=O) groups excluding carboxylic acids is 1. The second kappa shape index (κ2) is 7.70. The van der Waals surface area contributed by atoms with Gasteiger partial charge in [-0.25, -0.2) is 0 Å². The Hall–Kier alpha value is -3.02. The molecule has 1 saturated heterocycles. The summed E-state index contributed by atoms with van der Waals surface area (Å²) in [6.07, 6.45) is 4.80. The van der Waals surface area contributed by atoms with E-state index in [1.165, 1.54) is 5.56 Å². The summed E-state index contributed by atoms with van der Waals surface area (Å²) in [6.45, 7) is 1.46. The van der Waals surface area contributed by atoms with Crippen LogP contribution >= 0.6 is 0 Å². The van der Waals surface area contributed by atoms with Gasteiger partial charge in [-0.05, 0) is 42.7 Å². The van der Waals surface area contributed by atoms with Gasteiger partial charge in [-0.15, -0.1) is 0 Å². The Morgan fingerprint density at radius 3 is 2.85 bits per heavy atom. The molecule has 1 atom stereocenters. The highest BCUT2D eigenvalue weighted by Gasteiger charge is 2.25. The van der Waals surface area contributed by atoms with Crippen LogP contribution in [0.25, 0.3) is 11.5 Å². The van der Waals surface area contributed by atoms with E-state index in [-0.39, 0.29) is 5.91 Å². The van der Waals surface area contributed by atoms with Crippen LogP contribution in [0.3, 0.4) is 0 Å². The third kappa shape index (κ3) is 3.74. The molecule has 6 nitrogen and oxygen atoms in total. The van der Waals surface area contributed by atoms with Gasteiger partial charge in [0.15, 0.2) is 11.5 Å². The Morgan fingerprint density at radius 1 is 1.26 bits per heavy atom. The molecule has 3 heterocycles. The van der Waals surface area contributed by atoms with Crippen LogP contribution in [-0.2, 0) is 0 Å². The van der Waals surface area contributed by atoms with Gasteiger partial charge in [0.2, 0.25) is 0 Å². The number of methoxy groups -OCH3 is 1. The van der Waals surface area contributed by atoms with Crippen molar-refractivity contribution in [3.8, 4) is 17.2 Å². The highest BCUT2D eigenvalue weighted by Crippen LogP contribution is 2.29. The van der Waals surface area contributed by atoms with Crippen molar-refractivity contribution in [3.63, 3.8) is 0 Å². The van der Waals surface area contributed by atoms with Gasteiger partial charge in [-0.1, -0.05) is 18.6 Å². The maximum Gasteiger partial charge on any atom is 0.274 e. The highest BCUT2D eigenvalue weighted by molar-refractivity contribution is 5.93. The van der Waals surface area contributed by atoms with E-state index in [1.54, 1.807) is 19.4 Å². The van der Waals surface area contributed by atoms with Crippen molar-refractivity contribution in [1.29, 1.82) is 0 Å². The molecule has 1 N–H and O–H groups in total. The maximum absolute atomic E-state index is 13.0. The smallest absolute Gasteiger partial charge is 0.274 e. The topological polar surface area (TPSA) is 71.4 Å². The molecule has 0 aliphatic carbocycles. The molecular formula is C21H23N3O3. The summed E-state index contributed by atoms with van der Waals surface area (Å²) < 4.78 is 10.6. The van der Waals surface area contributed by atoms with E-state index in [1.807, 2.05) is 29.2 Å². The number of amides is 1. The number of H-pyrrole nitrogens is 1. The third-order valence-electron chi connectivity index (χ3n) is 5.13. The number of aromatic nitrogens is 2. The Kier molecular flexibility index (Phi) is 4.96. The predicted molar refractivity (Wildman–Crippen MR) is 102 cm³/mol. The summed E-state index contributed by atoms with van der Waals surface area (Å²) in [4.78, 5) is 14.9. The van der Waals surface area contributed by atoms with Gasteiger partial charge in [-0.3, -0.25) is 9.89 Å². The van der Waals surface area contributed by atoms with Crippen LogP contribution in [0.5, 0.6) is 5.75 Å². The SMILES string of the molecule is COc1ccc([C@@H]2CCCCN(C(=O)c3cc(-c4ccco4)[nH]n3)C2)cc1. The monoisotopic (exact) mass is 365 g/mol. The number of rotatable bonds is 4. The third-order valence-corrected chi connectivity index (χ3v) is 5.13. The molecule has 4 rings (SSSR count). The molecule has 140 valence electrons. The van der Waals surface area contributed by atoms with Crippen LogP contribution in [0.1, 0.15) is 41.2 Å². The first-order valence-corrected chi connectivity index (χ1v) is 9.27. The summed E-state index contributed by atoms with van der Waals surface area (Å²) in [5.74, 6) is 1.81. The molecule has 1 amide bonds. The van der Waals surface area contributed by atoms with Crippen molar-refractivity contribution in [1.82, 2.24) is 15.1 Å². The zero-order chi connectivity index (χ0) is 18.6. The van der Waals surface area contributed by atoms with Crippen LogP contribution in [0, 0.1) is 0 Å². The van der Waals surface area contributed by atoms with E-state index < -0.39 is 0 Å². The number of nitrogens with one attached hydrogen (secondary N) is 1. The second-order valence-corrected chi connectivity index (χ2v) is 6.86. The Morgan fingerprint density at radius 2 is 2.11 bits per heavy atom. The summed E-state index contributed by atoms with van der Waals surface area (Å²) in [5, 5.41) is 7.10. The van der Waals surface area contributed by atoms with Crippen LogP contribution in [0.4, 0.5) is 0 Å². The normalized spacial score (nSPS) is 17.5. The quantitative estimate of drug-likeness (QED) is 0.756. The van der Waals surface area contributed by atoms with Gasteiger partial charge in [0.1, 0.15) is 11.4 Å². The number of hydrogen-bond acceptors (Lipinski definition) is 4. The summed E-state index contributed by atoms with van der Waals surface area (Å²) >= 11 is 0. The van der Waals surface area contributed by atoms with Crippen molar-refractivity contribution in [2.24, 2.45) is 0 Å². The summed E-state index contributed by atoms with van der Waals surface area (Å²) in [6, 6.07) is 13.6. The predicted octanol–water partition coefficient (Wildman–Crippen LogP) is 4.09. The average molecular weight is 365 g/mol. The molecule has 27 heavy (non-hydrogen) atoms. The molecule has 1 aliphatic heterocycles. The largest absolute Gasteiger partial charge is 0.497 e. The van der Waals surface area contributed by atoms with Gasteiger partial charge in [0, 0.05) is 25.1 Å². The summed E-state index contributed by atoms with van der Waals surface area (Å²) in [7, 11) is 1.67. The lowest BCUT2D eigenvalue weighted by molar-refractivity contribution is 0.0748. The average Bonchev–Trinajstić information content (AvgIpc) is 3.35. The molecule has 1 fully saturated rings. The molecule has 0 saturated carbocycles. The Balaban J connectivity index is 1.50. The minimum Gasteiger partial charge on any atom is -0.497 e. The van der Waals surface area contributed by atoms with Gasteiger partial charge in [0.25, 0.3) is 5.91 Å².